The lowest BCUT2D eigenvalue weighted by atomic mass is 9.96. The quantitative estimate of drug-likeness (QED) is 0.538. The fourth-order valence-electron chi connectivity index (χ4n) is 4.09. The summed E-state index contributed by atoms with van der Waals surface area (Å²) in [6.45, 7) is 2.95. The van der Waals surface area contributed by atoms with Crippen LogP contribution in [0.25, 0.3) is 11.3 Å². The minimum absolute atomic E-state index is 0.0395. The third kappa shape index (κ3) is 3.65. The van der Waals surface area contributed by atoms with E-state index in [0.29, 0.717) is 5.69 Å². The standard InChI is InChI=1S/C24H27N3O2/c1-3-4-5-9-16-27-23(18-10-7-6-8-11-18)20-21(25-26-22(20)24(27)28)17-12-14-19(29-2)15-13-17/h6-8,10-15,23H,3-5,9,16H2,1-2H3,(H,25,26). The number of hydrogen-bond acceptors (Lipinski definition) is 3. The number of aromatic amines is 1. The van der Waals surface area contributed by atoms with Gasteiger partial charge in [0.2, 0.25) is 0 Å². The molecule has 1 unspecified atom stereocenters. The molecular formula is C24H27N3O2. The maximum Gasteiger partial charge on any atom is 0.273 e. The number of carbonyl (C=O) groups excluding carboxylic acids is 1. The summed E-state index contributed by atoms with van der Waals surface area (Å²) >= 11 is 0. The predicted molar refractivity (Wildman–Crippen MR) is 114 cm³/mol. The van der Waals surface area contributed by atoms with E-state index >= 15 is 0 Å². The van der Waals surface area contributed by atoms with Crippen molar-refractivity contribution in [3.05, 3.63) is 71.4 Å². The Morgan fingerprint density at radius 1 is 1.03 bits per heavy atom. The van der Waals surface area contributed by atoms with Crippen LogP contribution in [-0.4, -0.2) is 34.7 Å². The number of rotatable bonds is 8. The summed E-state index contributed by atoms with van der Waals surface area (Å²) in [4.78, 5) is 15.2. The number of methoxy groups -OCH3 is 1. The van der Waals surface area contributed by atoms with Crippen molar-refractivity contribution in [2.75, 3.05) is 13.7 Å². The van der Waals surface area contributed by atoms with Crippen molar-refractivity contribution < 1.29 is 9.53 Å². The fourth-order valence-corrected chi connectivity index (χ4v) is 4.09. The van der Waals surface area contributed by atoms with Gasteiger partial charge in [-0.15, -0.1) is 0 Å². The van der Waals surface area contributed by atoms with E-state index in [-0.39, 0.29) is 11.9 Å². The summed E-state index contributed by atoms with van der Waals surface area (Å²) in [7, 11) is 1.65. The molecule has 150 valence electrons. The number of aromatic nitrogens is 2. The molecule has 2 heterocycles. The molecule has 1 aromatic heterocycles. The van der Waals surface area contributed by atoms with Crippen molar-refractivity contribution in [2.24, 2.45) is 0 Å². The van der Waals surface area contributed by atoms with Gasteiger partial charge in [0.05, 0.1) is 18.8 Å². The van der Waals surface area contributed by atoms with E-state index in [0.717, 1.165) is 47.5 Å². The second kappa shape index (κ2) is 8.52. The molecule has 3 aromatic rings. The molecule has 0 spiro atoms. The number of ether oxygens (including phenoxy) is 1. The molecule has 1 aliphatic rings. The van der Waals surface area contributed by atoms with E-state index in [1.165, 1.54) is 12.8 Å². The molecule has 0 bridgehead atoms. The molecular weight excluding hydrogens is 362 g/mol. The molecule has 1 atom stereocenters. The number of unbranched alkanes of at least 4 members (excludes halogenated alkanes) is 3. The Hall–Kier alpha value is -3.08. The second-order valence-corrected chi connectivity index (χ2v) is 7.46. The molecule has 1 aliphatic heterocycles. The van der Waals surface area contributed by atoms with Crippen molar-refractivity contribution in [2.45, 2.75) is 38.6 Å². The molecule has 0 fully saturated rings. The lowest BCUT2D eigenvalue weighted by molar-refractivity contribution is 0.0740. The van der Waals surface area contributed by atoms with E-state index in [9.17, 15) is 4.79 Å². The number of amides is 1. The van der Waals surface area contributed by atoms with Gasteiger partial charge in [0, 0.05) is 17.7 Å². The largest absolute Gasteiger partial charge is 0.497 e. The predicted octanol–water partition coefficient (Wildman–Crippen LogP) is 5.21. The number of carbonyl (C=O) groups is 1. The van der Waals surface area contributed by atoms with Gasteiger partial charge in [-0.3, -0.25) is 9.89 Å². The van der Waals surface area contributed by atoms with E-state index in [2.05, 4.69) is 29.3 Å². The van der Waals surface area contributed by atoms with Crippen molar-refractivity contribution in [3.8, 4) is 17.0 Å². The fraction of sp³-hybridized carbons (Fsp3) is 0.333. The Labute approximate surface area is 171 Å². The first-order valence-corrected chi connectivity index (χ1v) is 10.3. The van der Waals surface area contributed by atoms with Crippen LogP contribution in [-0.2, 0) is 0 Å². The first-order chi connectivity index (χ1) is 14.2. The molecule has 0 saturated heterocycles. The monoisotopic (exact) mass is 389 g/mol. The maximum atomic E-state index is 13.2. The van der Waals surface area contributed by atoms with Crippen LogP contribution in [0.4, 0.5) is 0 Å². The summed E-state index contributed by atoms with van der Waals surface area (Å²) in [6, 6.07) is 18.0. The lowest BCUT2D eigenvalue weighted by Crippen LogP contribution is -2.30. The average molecular weight is 389 g/mol. The van der Waals surface area contributed by atoms with Crippen LogP contribution in [0.15, 0.2) is 54.6 Å². The molecule has 0 saturated carbocycles. The van der Waals surface area contributed by atoms with Gasteiger partial charge in [0.15, 0.2) is 0 Å². The van der Waals surface area contributed by atoms with Crippen LogP contribution in [0, 0.1) is 0 Å². The Morgan fingerprint density at radius 2 is 1.79 bits per heavy atom. The molecule has 5 heteroatoms. The van der Waals surface area contributed by atoms with Crippen molar-refractivity contribution in [3.63, 3.8) is 0 Å². The SMILES string of the molecule is CCCCCCN1C(=O)c2[nH]nc(-c3ccc(OC)cc3)c2C1c1ccccc1. The van der Waals surface area contributed by atoms with E-state index < -0.39 is 0 Å². The van der Waals surface area contributed by atoms with Crippen LogP contribution in [0.1, 0.15) is 60.3 Å². The Bertz CT molecular complexity index is 964. The van der Waals surface area contributed by atoms with E-state index in [4.69, 9.17) is 4.74 Å². The lowest BCUT2D eigenvalue weighted by Gasteiger charge is -2.26. The molecule has 29 heavy (non-hydrogen) atoms. The average Bonchev–Trinajstić information content (AvgIpc) is 3.31. The maximum absolute atomic E-state index is 13.2. The van der Waals surface area contributed by atoms with Crippen molar-refractivity contribution >= 4 is 5.91 Å². The zero-order chi connectivity index (χ0) is 20.2. The number of H-pyrrole nitrogens is 1. The molecule has 2 aromatic carbocycles. The van der Waals surface area contributed by atoms with Gasteiger partial charge in [0.1, 0.15) is 11.4 Å². The number of hydrogen-bond donors (Lipinski definition) is 1. The summed E-state index contributed by atoms with van der Waals surface area (Å²) < 4.78 is 5.28. The Kier molecular flexibility index (Phi) is 5.65. The minimum atomic E-state index is -0.115. The molecule has 4 rings (SSSR count). The molecule has 0 radical (unpaired) electrons. The zero-order valence-corrected chi connectivity index (χ0v) is 17.0. The van der Waals surface area contributed by atoms with Gasteiger partial charge in [-0.1, -0.05) is 56.5 Å². The normalized spacial score (nSPS) is 15.6. The molecule has 1 N–H and O–H groups in total. The van der Waals surface area contributed by atoms with Crippen LogP contribution in [0.5, 0.6) is 5.75 Å². The number of fused-ring (bicyclic) bond motifs is 1. The first-order valence-electron chi connectivity index (χ1n) is 10.3. The van der Waals surface area contributed by atoms with Gasteiger partial charge in [-0.25, -0.2) is 0 Å². The highest BCUT2D eigenvalue weighted by molar-refractivity contribution is 6.00. The molecule has 5 nitrogen and oxygen atoms in total. The Balaban J connectivity index is 1.73. The van der Waals surface area contributed by atoms with Gasteiger partial charge >= 0.3 is 0 Å². The number of nitrogens with one attached hydrogen (secondary N) is 1. The van der Waals surface area contributed by atoms with Crippen LogP contribution < -0.4 is 4.74 Å². The van der Waals surface area contributed by atoms with Crippen LogP contribution in [0.2, 0.25) is 0 Å². The van der Waals surface area contributed by atoms with Gasteiger partial charge in [-0.2, -0.15) is 5.10 Å². The molecule has 1 amide bonds. The molecule has 0 aliphatic carbocycles. The van der Waals surface area contributed by atoms with Gasteiger partial charge < -0.3 is 9.64 Å². The highest BCUT2D eigenvalue weighted by atomic mass is 16.5. The highest BCUT2D eigenvalue weighted by Gasteiger charge is 2.41. The van der Waals surface area contributed by atoms with Crippen LogP contribution in [0.3, 0.4) is 0 Å². The highest BCUT2D eigenvalue weighted by Crippen LogP contribution is 2.42. The summed E-state index contributed by atoms with van der Waals surface area (Å²) in [5, 5.41) is 7.54. The van der Waals surface area contributed by atoms with E-state index in [1.54, 1.807) is 7.11 Å². The summed E-state index contributed by atoms with van der Waals surface area (Å²) in [6.07, 6.45) is 4.53. The third-order valence-electron chi connectivity index (χ3n) is 5.60. The number of benzene rings is 2. The minimum Gasteiger partial charge on any atom is -0.497 e. The summed E-state index contributed by atoms with van der Waals surface area (Å²) in [5.74, 6) is 0.840. The van der Waals surface area contributed by atoms with Gasteiger partial charge in [-0.05, 0) is 36.2 Å². The van der Waals surface area contributed by atoms with Gasteiger partial charge in [0.25, 0.3) is 5.91 Å². The zero-order valence-electron chi connectivity index (χ0n) is 17.0. The smallest absolute Gasteiger partial charge is 0.273 e. The second-order valence-electron chi connectivity index (χ2n) is 7.46. The van der Waals surface area contributed by atoms with Crippen molar-refractivity contribution in [1.29, 1.82) is 0 Å². The third-order valence-corrected chi connectivity index (χ3v) is 5.60. The Morgan fingerprint density at radius 3 is 2.48 bits per heavy atom. The first kappa shape index (κ1) is 19.2. The number of nitrogens with zero attached hydrogens (tertiary/aromatic N) is 2. The van der Waals surface area contributed by atoms with Crippen LogP contribution >= 0.6 is 0 Å². The van der Waals surface area contributed by atoms with Crippen molar-refractivity contribution in [1.82, 2.24) is 15.1 Å². The summed E-state index contributed by atoms with van der Waals surface area (Å²) in [5.41, 5.74) is 4.51. The topological polar surface area (TPSA) is 58.2 Å². The van der Waals surface area contributed by atoms with E-state index in [1.807, 2.05) is 47.4 Å².